The number of aliphatic carboxylic acids is 1. The summed E-state index contributed by atoms with van der Waals surface area (Å²) in [5.41, 5.74) is 2.74. The highest BCUT2D eigenvalue weighted by Gasteiger charge is 2.31. The molecule has 2 heterocycles. The molecule has 7 heteroatoms. The van der Waals surface area contributed by atoms with Crippen molar-refractivity contribution in [2.75, 3.05) is 0 Å². The molecular formula is C15H18N4O3. The van der Waals surface area contributed by atoms with E-state index in [-0.39, 0.29) is 17.9 Å². The summed E-state index contributed by atoms with van der Waals surface area (Å²) in [4.78, 5) is 27.6. The van der Waals surface area contributed by atoms with Gasteiger partial charge in [0.15, 0.2) is 5.65 Å². The minimum absolute atomic E-state index is 0.0944. The van der Waals surface area contributed by atoms with E-state index >= 15 is 0 Å². The van der Waals surface area contributed by atoms with Gasteiger partial charge < -0.3 is 10.4 Å². The van der Waals surface area contributed by atoms with Crippen molar-refractivity contribution in [3.63, 3.8) is 0 Å². The molecule has 1 amide bonds. The molecule has 1 fully saturated rings. The minimum atomic E-state index is -0.789. The first kappa shape index (κ1) is 14.5. The van der Waals surface area contributed by atoms with E-state index in [4.69, 9.17) is 5.11 Å². The summed E-state index contributed by atoms with van der Waals surface area (Å²) >= 11 is 0. The van der Waals surface area contributed by atoms with Crippen LogP contribution in [0.1, 0.15) is 41.0 Å². The third kappa shape index (κ3) is 2.54. The first-order valence-corrected chi connectivity index (χ1v) is 7.31. The summed E-state index contributed by atoms with van der Waals surface area (Å²) in [5.74, 6) is -1.38. The van der Waals surface area contributed by atoms with Gasteiger partial charge in [-0.15, -0.1) is 0 Å². The van der Waals surface area contributed by atoms with Gasteiger partial charge in [0, 0.05) is 18.3 Å². The lowest BCUT2D eigenvalue weighted by Crippen LogP contribution is -2.34. The molecule has 0 aromatic carbocycles. The van der Waals surface area contributed by atoms with Crippen molar-refractivity contribution >= 4 is 17.5 Å². The van der Waals surface area contributed by atoms with Crippen LogP contribution < -0.4 is 5.32 Å². The van der Waals surface area contributed by atoms with Crippen LogP contribution >= 0.6 is 0 Å². The number of carboxylic acids is 1. The predicted molar refractivity (Wildman–Crippen MR) is 78.7 cm³/mol. The van der Waals surface area contributed by atoms with E-state index in [1.54, 1.807) is 10.7 Å². The first-order valence-electron chi connectivity index (χ1n) is 7.31. The second-order valence-electron chi connectivity index (χ2n) is 5.83. The van der Waals surface area contributed by atoms with Crippen LogP contribution in [0.2, 0.25) is 0 Å². The topological polar surface area (TPSA) is 96.6 Å². The fraction of sp³-hybridized carbons (Fsp3) is 0.467. The average molecular weight is 302 g/mol. The number of nitrogens with one attached hydrogen (secondary N) is 1. The summed E-state index contributed by atoms with van der Waals surface area (Å²) in [7, 11) is 0. The molecule has 0 spiro atoms. The molecule has 2 N–H and O–H groups in total. The Morgan fingerprint density at radius 1 is 1.36 bits per heavy atom. The molecule has 2 aromatic heterocycles. The second-order valence-corrected chi connectivity index (χ2v) is 5.83. The lowest BCUT2D eigenvalue weighted by Gasteiger charge is -2.13. The van der Waals surface area contributed by atoms with E-state index < -0.39 is 5.97 Å². The monoisotopic (exact) mass is 302 g/mol. The van der Waals surface area contributed by atoms with Crippen LogP contribution in [0.5, 0.6) is 0 Å². The van der Waals surface area contributed by atoms with Gasteiger partial charge in [-0.05, 0) is 33.1 Å². The van der Waals surface area contributed by atoms with Crippen molar-refractivity contribution in [1.29, 1.82) is 0 Å². The Morgan fingerprint density at radius 3 is 2.82 bits per heavy atom. The third-order valence-electron chi connectivity index (χ3n) is 4.21. The molecule has 0 aliphatic heterocycles. The van der Waals surface area contributed by atoms with E-state index in [9.17, 15) is 9.59 Å². The number of aromatic nitrogens is 3. The third-order valence-corrected chi connectivity index (χ3v) is 4.21. The molecule has 1 aliphatic rings. The van der Waals surface area contributed by atoms with Crippen molar-refractivity contribution in [3.8, 4) is 0 Å². The van der Waals surface area contributed by atoms with Gasteiger partial charge in [-0.3, -0.25) is 9.59 Å². The largest absolute Gasteiger partial charge is 0.481 e. The number of fused-ring (bicyclic) bond motifs is 1. The van der Waals surface area contributed by atoms with Crippen LogP contribution in [0, 0.1) is 19.8 Å². The molecule has 2 aromatic rings. The Kier molecular flexibility index (Phi) is 3.56. The van der Waals surface area contributed by atoms with E-state index in [2.05, 4.69) is 15.4 Å². The van der Waals surface area contributed by atoms with Gasteiger partial charge in [-0.1, -0.05) is 0 Å². The normalized spacial score (nSPS) is 21.2. The fourth-order valence-electron chi connectivity index (χ4n) is 2.99. The van der Waals surface area contributed by atoms with Crippen LogP contribution in [0.25, 0.3) is 5.65 Å². The summed E-state index contributed by atoms with van der Waals surface area (Å²) < 4.78 is 1.65. The second kappa shape index (κ2) is 5.40. The summed E-state index contributed by atoms with van der Waals surface area (Å²) in [5, 5.41) is 16.2. The summed E-state index contributed by atoms with van der Waals surface area (Å²) in [6.07, 6.45) is 3.33. The van der Waals surface area contributed by atoms with Crippen LogP contribution in [0.3, 0.4) is 0 Å². The molecule has 0 bridgehead atoms. The zero-order valence-electron chi connectivity index (χ0n) is 12.5. The van der Waals surface area contributed by atoms with Gasteiger partial charge in [-0.2, -0.15) is 5.10 Å². The maximum atomic E-state index is 12.4. The number of rotatable bonds is 3. The highest BCUT2D eigenvalue weighted by molar-refractivity contribution is 5.95. The maximum Gasteiger partial charge on any atom is 0.306 e. The van der Waals surface area contributed by atoms with Gasteiger partial charge >= 0.3 is 5.97 Å². The Hall–Kier alpha value is -2.44. The van der Waals surface area contributed by atoms with Crippen molar-refractivity contribution in [1.82, 2.24) is 19.9 Å². The zero-order chi connectivity index (χ0) is 15.9. The number of carbonyl (C=O) groups excluding carboxylic acids is 1. The van der Waals surface area contributed by atoms with Crippen molar-refractivity contribution < 1.29 is 14.7 Å². The number of amides is 1. The Morgan fingerprint density at radius 2 is 2.14 bits per heavy atom. The number of aryl methyl sites for hydroxylation is 2. The highest BCUT2D eigenvalue weighted by atomic mass is 16.4. The number of carbonyl (C=O) groups is 2. The zero-order valence-corrected chi connectivity index (χ0v) is 12.5. The lowest BCUT2D eigenvalue weighted by atomic mass is 10.1. The Labute approximate surface area is 127 Å². The molecule has 0 unspecified atom stereocenters. The molecule has 22 heavy (non-hydrogen) atoms. The quantitative estimate of drug-likeness (QED) is 0.891. The predicted octanol–water partition coefficient (Wildman–Crippen LogP) is 1.33. The van der Waals surface area contributed by atoms with Crippen LogP contribution in [0.15, 0.2) is 12.3 Å². The van der Waals surface area contributed by atoms with Crippen molar-refractivity contribution in [3.05, 3.63) is 29.2 Å². The highest BCUT2D eigenvalue weighted by Crippen LogP contribution is 2.26. The number of hydrogen-bond acceptors (Lipinski definition) is 4. The van der Waals surface area contributed by atoms with Gasteiger partial charge in [-0.25, -0.2) is 9.50 Å². The molecule has 0 radical (unpaired) electrons. The number of hydrogen-bond donors (Lipinski definition) is 2. The standard InChI is InChI=1S/C15H18N4O3/c1-8-5-13-16-7-12(9(2)19(13)18-8)14(20)17-11-4-3-10(6-11)15(21)22/h5,7,10-11H,3-4,6H2,1-2H3,(H,17,20)(H,21,22)/t10-,11+/m1/s1. The fourth-order valence-corrected chi connectivity index (χ4v) is 2.99. The summed E-state index contributed by atoms with van der Waals surface area (Å²) in [6.45, 7) is 3.70. The van der Waals surface area contributed by atoms with E-state index in [1.807, 2.05) is 19.9 Å². The van der Waals surface area contributed by atoms with Crippen molar-refractivity contribution in [2.45, 2.75) is 39.2 Å². The molecular weight excluding hydrogens is 284 g/mol. The first-order chi connectivity index (χ1) is 10.5. The number of carboxylic acid groups (broad SMARTS) is 1. The molecule has 2 atom stereocenters. The molecule has 116 valence electrons. The average Bonchev–Trinajstić information content (AvgIpc) is 3.05. The Bertz CT molecular complexity index is 753. The van der Waals surface area contributed by atoms with Crippen LogP contribution in [0.4, 0.5) is 0 Å². The maximum absolute atomic E-state index is 12.4. The van der Waals surface area contributed by atoms with Gasteiger partial charge in [0.25, 0.3) is 5.91 Å². The lowest BCUT2D eigenvalue weighted by molar-refractivity contribution is -0.141. The minimum Gasteiger partial charge on any atom is -0.481 e. The molecule has 1 aliphatic carbocycles. The van der Waals surface area contributed by atoms with E-state index in [1.165, 1.54) is 0 Å². The molecule has 7 nitrogen and oxygen atoms in total. The number of nitrogens with zero attached hydrogens (tertiary/aromatic N) is 3. The SMILES string of the molecule is Cc1cc2ncc(C(=O)N[C@H]3CC[C@@H](C(=O)O)C3)c(C)n2n1. The summed E-state index contributed by atoms with van der Waals surface area (Å²) in [6, 6.07) is 1.76. The van der Waals surface area contributed by atoms with Crippen LogP contribution in [-0.4, -0.2) is 37.6 Å². The van der Waals surface area contributed by atoms with E-state index in [0.717, 1.165) is 11.4 Å². The molecule has 3 rings (SSSR count). The van der Waals surface area contributed by atoms with Gasteiger partial charge in [0.2, 0.25) is 0 Å². The Balaban J connectivity index is 1.78. The van der Waals surface area contributed by atoms with Gasteiger partial charge in [0.05, 0.1) is 22.9 Å². The smallest absolute Gasteiger partial charge is 0.306 e. The van der Waals surface area contributed by atoms with E-state index in [0.29, 0.717) is 30.5 Å². The van der Waals surface area contributed by atoms with Crippen LogP contribution in [-0.2, 0) is 4.79 Å². The molecule has 1 saturated carbocycles. The van der Waals surface area contributed by atoms with Gasteiger partial charge in [0.1, 0.15) is 0 Å². The van der Waals surface area contributed by atoms with Crippen molar-refractivity contribution in [2.24, 2.45) is 5.92 Å². The molecule has 0 saturated heterocycles.